The number of anilines is 6. The number of hydrogen-bond acceptors (Lipinski definition) is 2. The summed E-state index contributed by atoms with van der Waals surface area (Å²) in [5.74, 6) is 1.38. The van der Waals surface area contributed by atoms with Crippen molar-refractivity contribution in [1.29, 1.82) is 0 Å². The number of hydrogen-bond donors (Lipinski definition) is 0. The first kappa shape index (κ1) is 36.0. The molecule has 0 spiro atoms. The fourth-order valence-electron chi connectivity index (χ4n) is 10.8. The maximum atomic E-state index is 2.47. The minimum atomic E-state index is -0.209. The van der Waals surface area contributed by atoms with Crippen molar-refractivity contribution in [2.45, 2.75) is 82.5 Å². The molecule has 59 heavy (non-hydrogen) atoms. The molecule has 2 heteroatoms. The Hall–Kier alpha value is -6.12. The average molecular weight is 765 g/mol. The number of rotatable bonds is 8. The van der Waals surface area contributed by atoms with Crippen LogP contribution in [0.1, 0.15) is 99.3 Å². The van der Waals surface area contributed by atoms with E-state index in [1.54, 1.807) is 0 Å². The van der Waals surface area contributed by atoms with Crippen LogP contribution in [0.15, 0.2) is 170 Å². The standard InChI is InChI=1S/C57H52N2/c1-57(2)55-37-51(58(49-29-23-41-15-7-9-17-45(41)35-49)47-25-19-43(20-26-47)39-11-3-4-12-39)31-33-53(55)54-34-32-52(38-56(54)57)59(50-30-24-42-16-8-10-18-46(42)36-50)48-27-21-44(22-28-48)40-13-5-6-14-40/h7-10,15-40H,3-6,11-14H2,1-2H3. The average Bonchev–Trinajstić information content (AvgIpc) is 4.07. The highest BCUT2D eigenvalue weighted by Gasteiger charge is 2.37. The zero-order valence-electron chi connectivity index (χ0n) is 34.4. The van der Waals surface area contributed by atoms with Gasteiger partial charge in [0.05, 0.1) is 0 Å². The third-order valence-electron chi connectivity index (χ3n) is 14.1. The van der Waals surface area contributed by atoms with Crippen LogP contribution in [0.5, 0.6) is 0 Å². The predicted molar refractivity (Wildman–Crippen MR) is 251 cm³/mol. The van der Waals surface area contributed by atoms with Crippen LogP contribution in [0.4, 0.5) is 34.1 Å². The molecule has 3 aliphatic carbocycles. The van der Waals surface area contributed by atoms with Gasteiger partial charge in [-0.2, -0.15) is 0 Å². The lowest BCUT2D eigenvalue weighted by Crippen LogP contribution is -2.17. The Morgan fingerprint density at radius 2 is 0.695 bits per heavy atom. The van der Waals surface area contributed by atoms with E-state index in [2.05, 4.69) is 194 Å². The van der Waals surface area contributed by atoms with Crippen molar-refractivity contribution in [2.24, 2.45) is 0 Å². The van der Waals surface area contributed by atoms with E-state index in [0.717, 1.165) is 0 Å². The van der Waals surface area contributed by atoms with Crippen LogP contribution in [0.25, 0.3) is 32.7 Å². The van der Waals surface area contributed by atoms with Crippen LogP contribution in [-0.2, 0) is 5.41 Å². The molecule has 0 aliphatic heterocycles. The highest BCUT2D eigenvalue weighted by molar-refractivity contribution is 5.93. The molecule has 0 unspecified atom stereocenters. The molecule has 2 fully saturated rings. The Labute approximate surface area is 349 Å². The van der Waals surface area contributed by atoms with E-state index in [4.69, 9.17) is 0 Å². The fraction of sp³-hybridized carbons (Fsp3) is 0.228. The molecule has 0 amide bonds. The van der Waals surface area contributed by atoms with Gasteiger partial charge in [-0.3, -0.25) is 0 Å². The molecule has 2 nitrogen and oxygen atoms in total. The van der Waals surface area contributed by atoms with Gasteiger partial charge in [-0.25, -0.2) is 0 Å². The molecule has 2 saturated carbocycles. The Morgan fingerprint density at radius 3 is 1.10 bits per heavy atom. The maximum absolute atomic E-state index is 2.47. The van der Waals surface area contributed by atoms with Crippen LogP contribution < -0.4 is 9.80 Å². The Balaban J connectivity index is 0.997. The SMILES string of the molecule is CC1(C)c2cc(N(c3ccc(C4CCCC4)cc3)c3ccc4ccccc4c3)ccc2-c2ccc(N(c3ccc(C4CCCC4)cc3)c3ccc4ccccc4c3)cc21. The third kappa shape index (κ3) is 6.41. The minimum absolute atomic E-state index is 0.209. The largest absolute Gasteiger partial charge is 0.310 e. The smallest absolute Gasteiger partial charge is 0.0468 e. The fourth-order valence-corrected chi connectivity index (χ4v) is 10.8. The van der Waals surface area contributed by atoms with E-state index < -0.39 is 0 Å². The Bertz CT molecular complexity index is 2620. The quantitative estimate of drug-likeness (QED) is 0.152. The van der Waals surface area contributed by atoms with E-state index >= 15 is 0 Å². The third-order valence-corrected chi connectivity index (χ3v) is 14.1. The summed E-state index contributed by atoms with van der Waals surface area (Å²) in [4.78, 5) is 4.93. The van der Waals surface area contributed by atoms with Crippen molar-refractivity contribution >= 4 is 55.7 Å². The number of nitrogens with zero attached hydrogens (tertiary/aromatic N) is 2. The molecule has 0 saturated heterocycles. The second-order valence-corrected chi connectivity index (χ2v) is 18.0. The summed E-state index contributed by atoms with van der Waals surface area (Å²) < 4.78 is 0. The van der Waals surface area contributed by atoms with Crippen molar-refractivity contribution in [1.82, 2.24) is 0 Å². The molecule has 8 aromatic carbocycles. The minimum Gasteiger partial charge on any atom is -0.310 e. The van der Waals surface area contributed by atoms with E-state index in [1.165, 1.54) is 140 Å². The summed E-state index contributed by atoms with van der Waals surface area (Å²) in [6.45, 7) is 4.83. The molecule has 8 aromatic rings. The summed E-state index contributed by atoms with van der Waals surface area (Å²) in [6, 6.07) is 64.5. The van der Waals surface area contributed by atoms with E-state index in [1.807, 2.05) is 0 Å². The second-order valence-electron chi connectivity index (χ2n) is 18.0. The lowest BCUT2D eigenvalue weighted by Gasteiger charge is -2.29. The molecular formula is C57H52N2. The topological polar surface area (TPSA) is 6.48 Å². The van der Waals surface area contributed by atoms with Crippen molar-refractivity contribution in [2.75, 3.05) is 9.80 Å². The molecule has 0 atom stereocenters. The van der Waals surface area contributed by atoms with Crippen LogP contribution >= 0.6 is 0 Å². The first-order valence-corrected chi connectivity index (χ1v) is 22.1. The van der Waals surface area contributed by atoms with Gasteiger partial charge in [0.15, 0.2) is 0 Å². The summed E-state index contributed by atoms with van der Waals surface area (Å²) in [7, 11) is 0. The van der Waals surface area contributed by atoms with Gasteiger partial charge in [0.25, 0.3) is 0 Å². The van der Waals surface area contributed by atoms with Gasteiger partial charge in [0.1, 0.15) is 0 Å². The Morgan fingerprint density at radius 1 is 0.356 bits per heavy atom. The first-order valence-electron chi connectivity index (χ1n) is 22.1. The number of benzene rings is 8. The summed E-state index contributed by atoms with van der Waals surface area (Å²) in [5.41, 5.74) is 15.3. The van der Waals surface area contributed by atoms with E-state index in [9.17, 15) is 0 Å². The second kappa shape index (κ2) is 14.6. The monoisotopic (exact) mass is 764 g/mol. The zero-order chi connectivity index (χ0) is 39.5. The lowest BCUT2D eigenvalue weighted by molar-refractivity contribution is 0.660. The molecule has 0 heterocycles. The molecule has 0 bridgehead atoms. The number of fused-ring (bicyclic) bond motifs is 5. The predicted octanol–water partition coefficient (Wildman–Crippen LogP) is 16.6. The highest BCUT2D eigenvalue weighted by atomic mass is 15.1. The van der Waals surface area contributed by atoms with Crippen LogP contribution in [0.2, 0.25) is 0 Å². The molecule has 0 aromatic heterocycles. The van der Waals surface area contributed by atoms with Gasteiger partial charge in [0, 0.05) is 39.5 Å². The first-order chi connectivity index (χ1) is 29.0. The van der Waals surface area contributed by atoms with Crippen LogP contribution in [-0.4, -0.2) is 0 Å². The van der Waals surface area contributed by atoms with Gasteiger partial charge in [0.2, 0.25) is 0 Å². The molecule has 290 valence electrons. The van der Waals surface area contributed by atoms with Gasteiger partial charge < -0.3 is 9.80 Å². The lowest BCUT2D eigenvalue weighted by atomic mass is 9.82. The highest BCUT2D eigenvalue weighted by Crippen LogP contribution is 2.53. The molecule has 3 aliphatic rings. The van der Waals surface area contributed by atoms with Gasteiger partial charge in [-0.15, -0.1) is 0 Å². The summed E-state index contributed by atoms with van der Waals surface area (Å²) in [6.07, 6.45) is 10.6. The van der Waals surface area contributed by atoms with Gasteiger partial charge in [-0.1, -0.05) is 137 Å². The van der Waals surface area contributed by atoms with Crippen molar-refractivity contribution in [3.05, 3.63) is 192 Å². The Kier molecular flexibility index (Phi) is 8.91. The van der Waals surface area contributed by atoms with Crippen LogP contribution in [0.3, 0.4) is 0 Å². The molecule has 0 N–H and O–H groups in total. The van der Waals surface area contributed by atoms with Gasteiger partial charge >= 0.3 is 0 Å². The normalized spacial score (nSPS) is 16.1. The van der Waals surface area contributed by atoms with Crippen LogP contribution in [0, 0.1) is 0 Å². The molecule has 11 rings (SSSR count). The van der Waals surface area contributed by atoms with Crippen molar-refractivity contribution in [3.8, 4) is 11.1 Å². The summed E-state index contributed by atoms with van der Waals surface area (Å²) >= 11 is 0. The van der Waals surface area contributed by atoms with Crippen molar-refractivity contribution in [3.63, 3.8) is 0 Å². The maximum Gasteiger partial charge on any atom is 0.0468 e. The van der Waals surface area contributed by atoms with Crippen molar-refractivity contribution < 1.29 is 0 Å². The van der Waals surface area contributed by atoms with E-state index in [0.29, 0.717) is 11.8 Å². The van der Waals surface area contributed by atoms with E-state index in [-0.39, 0.29) is 5.41 Å². The molecular weight excluding hydrogens is 713 g/mol. The zero-order valence-corrected chi connectivity index (χ0v) is 34.4. The molecule has 0 radical (unpaired) electrons. The summed E-state index contributed by atoms with van der Waals surface area (Å²) in [5, 5.41) is 5.03. The van der Waals surface area contributed by atoms with Gasteiger partial charge in [-0.05, 0) is 165 Å².